The molecule has 0 aliphatic heterocycles. The fourth-order valence-corrected chi connectivity index (χ4v) is 3.06. The van der Waals surface area contributed by atoms with Crippen molar-refractivity contribution >= 4 is 23.2 Å². The Labute approximate surface area is 207 Å². The van der Waals surface area contributed by atoms with Crippen molar-refractivity contribution in [3.8, 4) is 11.4 Å². The van der Waals surface area contributed by atoms with E-state index in [1.54, 1.807) is 86.9 Å². The molecule has 4 heterocycles. The zero-order valence-electron chi connectivity index (χ0n) is 19.6. The van der Waals surface area contributed by atoms with Gasteiger partial charge in [0.2, 0.25) is 0 Å². The first kappa shape index (κ1) is 24.0. The molecule has 2 amide bonds. The van der Waals surface area contributed by atoms with Crippen LogP contribution in [-0.2, 0) is 0 Å². The van der Waals surface area contributed by atoms with E-state index in [4.69, 9.17) is 0 Å². The number of hydrazone groups is 2. The second kappa shape index (κ2) is 11.3. The van der Waals surface area contributed by atoms with Crippen molar-refractivity contribution in [2.75, 3.05) is 0 Å². The van der Waals surface area contributed by atoms with Gasteiger partial charge in [-0.25, -0.2) is 20.8 Å². The van der Waals surface area contributed by atoms with Crippen LogP contribution in [0.3, 0.4) is 0 Å². The highest BCUT2D eigenvalue weighted by molar-refractivity contribution is 6.00. The lowest BCUT2D eigenvalue weighted by Crippen LogP contribution is -2.21. The van der Waals surface area contributed by atoms with Crippen molar-refractivity contribution in [1.29, 1.82) is 0 Å². The van der Waals surface area contributed by atoms with E-state index in [1.807, 2.05) is 12.1 Å². The van der Waals surface area contributed by atoms with E-state index in [9.17, 15) is 9.59 Å². The van der Waals surface area contributed by atoms with E-state index in [1.165, 1.54) is 0 Å². The van der Waals surface area contributed by atoms with Gasteiger partial charge in [-0.15, -0.1) is 0 Å². The molecular formula is C26H22N8O2. The van der Waals surface area contributed by atoms with E-state index >= 15 is 0 Å². The van der Waals surface area contributed by atoms with Gasteiger partial charge in [0, 0.05) is 12.4 Å². The van der Waals surface area contributed by atoms with Gasteiger partial charge >= 0.3 is 0 Å². The van der Waals surface area contributed by atoms with Crippen molar-refractivity contribution in [2.45, 2.75) is 13.8 Å². The number of carbonyl (C=O) groups is 2. The minimum Gasteiger partial charge on any atom is -0.266 e. The van der Waals surface area contributed by atoms with Gasteiger partial charge in [-0.05, 0) is 62.4 Å². The quantitative estimate of drug-likeness (QED) is 0.309. The maximum atomic E-state index is 12.6. The Bertz CT molecular complexity index is 1330. The lowest BCUT2D eigenvalue weighted by molar-refractivity contribution is 0.0941. The lowest BCUT2D eigenvalue weighted by Gasteiger charge is -2.06. The summed E-state index contributed by atoms with van der Waals surface area (Å²) in [5, 5.41) is 8.19. The Morgan fingerprint density at radius 3 is 1.39 bits per heavy atom. The smallest absolute Gasteiger partial charge is 0.266 e. The molecule has 4 aromatic heterocycles. The molecule has 0 unspecified atom stereocenters. The molecule has 4 aromatic rings. The van der Waals surface area contributed by atoms with E-state index in [2.05, 4.69) is 41.0 Å². The number of pyridine rings is 4. The summed E-state index contributed by atoms with van der Waals surface area (Å²) in [6.07, 6.45) is 3.30. The number of nitrogens with one attached hydrogen (secondary N) is 2. The summed E-state index contributed by atoms with van der Waals surface area (Å²) in [4.78, 5) is 42.3. The first-order valence-electron chi connectivity index (χ1n) is 11.0. The van der Waals surface area contributed by atoms with E-state index in [-0.39, 0.29) is 11.4 Å². The molecule has 10 nitrogen and oxygen atoms in total. The van der Waals surface area contributed by atoms with Gasteiger partial charge in [-0.1, -0.05) is 24.3 Å². The third kappa shape index (κ3) is 6.06. The highest BCUT2D eigenvalue weighted by Gasteiger charge is 2.12. The molecule has 0 saturated heterocycles. The maximum absolute atomic E-state index is 12.6. The molecule has 0 fully saturated rings. The van der Waals surface area contributed by atoms with Crippen LogP contribution in [0, 0.1) is 0 Å². The normalized spacial score (nSPS) is 11.6. The largest absolute Gasteiger partial charge is 0.289 e. The monoisotopic (exact) mass is 478 g/mol. The Kier molecular flexibility index (Phi) is 7.57. The molecule has 10 heteroatoms. The van der Waals surface area contributed by atoms with Crippen LogP contribution in [0.4, 0.5) is 0 Å². The minimum atomic E-state index is -0.486. The highest BCUT2D eigenvalue weighted by Crippen LogP contribution is 2.15. The van der Waals surface area contributed by atoms with Crippen LogP contribution in [0.5, 0.6) is 0 Å². The van der Waals surface area contributed by atoms with Crippen LogP contribution in [0.1, 0.15) is 46.2 Å². The zero-order chi connectivity index (χ0) is 25.3. The predicted octanol–water partition coefficient (Wildman–Crippen LogP) is 3.24. The third-order valence-electron chi connectivity index (χ3n) is 4.95. The molecule has 0 saturated carbocycles. The summed E-state index contributed by atoms with van der Waals surface area (Å²) >= 11 is 0. The zero-order valence-corrected chi connectivity index (χ0v) is 19.6. The van der Waals surface area contributed by atoms with Crippen molar-refractivity contribution in [3.63, 3.8) is 0 Å². The van der Waals surface area contributed by atoms with Gasteiger partial charge in [0.1, 0.15) is 11.4 Å². The van der Waals surface area contributed by atoms with Crippen molar-refractivity contribution in [1.82, 2.24) is 30.8 Å². The summed E-state index contributed by atoms with van der Waals surface area (Å²) in [5.74, 6) is -0.972. The molecule has 0 atom stereocenters. The summed E-state index contributed by atoms with van der Waals surface area (Å²) in [7, 11) is 0. The van der Waals surface area contributed by atoms with Crippen molar-refractivity contribution in [3.05, 3.63) is 108 Å². The van der Waals surface area contributed by atoms with Crippen LogP contribution in [0.2, 0.25) is 0 Å². The second-order valence-electron chi connectivity index (χ2n) is 7.52. The number of amides is 2. The number of rotatable bonds is 7. The molecule has 0 bridgehead atoms. The summed E-state index contributed by atoms with van der Waals surface area (Å²) in [5.41, 5.74) is 8.55. The van der Waals surface area contributed by atoms with Crippen LogP contribution >= 0.6 is 0 Å². The molecule has 178 valence electrons. The fourth-order valence-electron chi connectivity index (χ4n) is 3.06. The number of hydrogen-bond acceptors (Lipinski definition) is 8. The van der Waals surface area contributed by atoms with E-state index in [0.717, 1.165) is 0 Å². The molecule has 36 heavy (non-hydrogen) atoms. The standard InChI is InChI=1S/C26H22N8O2/c1-17(19-9-3-5-15-27-19)31-33-25(35)23-13-7-11-21(29-23)22-12-8-14-24(30-22)26(36)34-32-18(2)20-10-4-6-16-28-20/h3-16H,1-2H3,(H,33,35)(H,34,36)/b31-17+,32-18+. The number of carbonyl (C=O) groups excluding carboxylic acids is 2. The highest BCUT2D eigenvalue weighted by atomic mass is 16.2. The first-order chi connectivity index (χ1) is 17.5. The number of nitrogens with zero attached hydrogens (tertiary/aromatic N) is 6. The first-order valence-corrected chi connectivity index (χ1v) is 11.0. The molecule has 0 radical (unpaired) electrons. The van der Waals surface area contributed by atoms with Gasteiger partial charge in [-0.2, -0.15) is 10.2 Å². The van der Waals surface area contributed by atoms with E-state index in [0.29, 0.717) is 34.2 Å². The van der Waals surface area contributed by atoms with Gasteiger partial charge in [-0.3, -0.25) is 19.6 Å². The Morgan fingerprint density at radius 2 is 1.00 bits per heavy atom. The van der Waals surface area contributed by atoms with Crippen molar-refractivity contribution in [2.24, 2.45) is 10.2 Å². The topological polar surface area (TPSA) is 134 Å². The summed E-state index contributed by atoms with van der Waals surface area (Å²) < 4.78 is 0. The SMILES string of the molecule is C/C(=N\NC(=O)c1cccc(-c2cccc(C(=O)N/N=C(\C)c3ccccn3)n2)n1)c1ccccn1. The van der Waals surface area contributed by atoms with Crippen LogP contribution in [0.15, 0.2) is 95.4 Å². The second-order valence-corrected chi connectivity index (χ2v) is 7.52. The molecular weight excluding hydrogens is 456 g/mol. The Hall–Kier alpha value is -5.12. The van der Waals surface area contributed by atoms with Crippen LogP contribution < -0.4 is 10.9 Å². The summed E-state index contributed by atoms with van der Waals surface area (Å²) in [6.45, 7) is 3.49. The molecule has 2 N–H and O–H groups in total. The van der Waals surface area contributed by atoms with Gasteiger partial charge in [0.15, 0.2) is 0 Å². The lowest BCUT2D eigenvalue weighted by atomic mass is 10.2. The van der Waals surface area contributed by atoms with Gasteiger partial charge in [0.05, 0.1) is 34.2 Å². The minimum absolute atomic E-state index is 0.150. The molecule has 0 aromatic carbocycles. The Morgan fingerprint density at radius 1 is 0.583 bits per heavy atom. The van der Waals surface area contributed by atoms with E-state index < -0.39 is 11.8 Å². The van der Waals surface area contributed by atoms with Crippen LogP contribution in [-0.4, -0.2) is 43.2 Å². The molecule has 0 aliphatic carbocycles. The number of aromatic nitrogens is 4. The average Bonchev–Trinajstić information content (AvgIpc) is 2.95. The third-order valence-corrected chi connectivity index (χ3v) is 4.95. The molecule has 0 spiro atoms. The van der Waals surface area contributed by atoms with Crippen molar-refractivity contribution < 1.29 is 9.59 Å². The van der Waals surface area contributed by atoms with Gasteiger partial charge < -0.3 is 0 Å². The van der Waals surface area contributed by atoms with Gasteiger partial charge in [0.25, 0.3) is 11.8 Å². The number of hydrogen-bond donors (Lipinski definition) is 2. The molecule has 0 aliphatic rings. The molecule has 4 rings (SSSR count). The predicted molar refractivity (Wildman–Crippen MR) is 135 cm³/mol. The van der Waals surface area contributed by atoms with Crippen LogP contribution in [0.25, 0.3) is 11.4 Å². The fraction of sp³-hybridized carbons (Fsp3) is 0.0769. The Balaban J connectivity index is 1.47. The average molecular weight is 479 g/mol. The summed E-state index contributed by atoms with van der Waals surface area (Å²) in [6, 6.07) is 20.8. The maximum Gasteiger partial charge on any atom is 0.289 e.